The molecule has 1 N–H and O–H groups in total. The lowest BCUT2D eigenvalue weighted by molar-refractivity contribution is -0.159. The number of halogens is 2. The van der Waals surface area contributed by atoms with Crippen molar-refractivity contribution in [1.29, 1.82) is 0 Å². The van der Waals surface area contributed by atoms with Gasteiger partial charge in [0.15, 0.2) is 5.78 Å². The molecule has 0 spiro atoms. The summed E-state index contributed by atoms with van der Waals surface area (Å²) in [7, 11) is -3.32. The molecule has 3 heterocycles. The predicted molar refractivity (Wildman–Crippen MR) is 188 cm³/mol. The van der Waals surface area contributed by atoms with E-state index in [0.717, 1.165) is 31.1 Å². The molecule has 0 radical (unpaired) electrons. The van der Waals surface area contributed by atoms with Gasteiger partial charge in [0.1, 0.15) is 24.1 Å². The van der Waals surface area contributed by atoms with Crippen molar-refractivity contribution in [3.8, 4) is 11.6 Å². The average molecular weight is 766 g/mol. The van der Waals surface area contributed by atoms with Crippen LogP contribution in [0.3, 0.4) is 0 Å². The number of fused-ring (bicyclic) bond motifs is 3. The van der Waals surface area contributed by atoms with E-state index < -0.39 is 82.4 Å². The highest BCUT2D eigenvalue weighted by Gasteiger charge is 2.61. The summed E-state index contributed by atoms with van der Waals surface area (Å²) in [6.45, 7) is 3.79. The van der Waals surface area contributed by atoms with Crippen LogP contribution >= 0.6 is 0 Å². The summed E-state index contributed by atoms with van der Waals surface area (Å²) in [4.78, 5) is 61.3. The van der Waals surface area contributed by atoms with E-state index in [1.807, 2.05) is 6.07 Å². The number of aromatic nitrogens is 1. The third-order valence-electron chi connectivity index (χ3n) is 10.2. The second-order valence-corrected chi connectivity index (χ2v) is 16.6. The molecular formula is C37H49F2N3O10S. The number of pyridine rings is 1. The Bertz CT molecular complexity index is 1790. The number of esters is 1. The molecule has 0 bridgehead atoms. The van der Waals surface area contributed by atoms with Crippen LogP contribution in [0.5, 0.6) is 11.6 Å². The lowest BCUT2D eigenvalue weighted by Crippen LogP contribution is -2.46. The van der Waals surface area contributed by atoms with E-state index in [-0.39, 0.29) is 37.6 Å². The molecule has 2 amide bonds. The maximum Gasteiger partial charge on any atom is 0.362 e. The van der Waals surface area contributed by atoms with Crippen LogP contribution in [-0.2, 0) is 38.4 Å². The van der Waals surface area contributed by atoms with E-state index in [9.17, 15) is 36.4 Å². The Morgan fingerprint density at radius 2 is 1.79 bits per heavy atom. The molecule has 5 atom stereocenters. The second-order valence-electron chi connectivity index (χ2n) is 15.3. The number of nitrogens with one attached hydrogen (secondary N) is 1. The Labute approximate surface area is 308 Å². The van der Waals surface area contributed by atoms with Gasteiger partial charge in [0.25, 0.3) is 6.43 Å². The van der Waals surface area contributed by atoms with Crippen molar-refractivity contribution in [3.05, 3.63) is 30.5 Å². The highest BCUT2D eigenvalue weighted by atomic mass is 32.2. The lowest BCUT2D eigenvalue weighted by Gasteiger charge is -2.29. The van der Waals surface area contributed by atoms with E-state index in [4.69, 9.17) is 14.2 Å². The number of benzene rings is 1. The number of ketones is 1. The number of rotatable bonds is 10. The highest BCUT2D eigenvalue weighted by molar-refractivity contribution is 7.85. The zero-order valence-electron chi connectivity index (χ0n) is 30.6. The molecule has 3 fully saturated rings. The number of hydrogen-bond donors (Lipinski definition) is 1. The van der Waals surface area contributed by atoms with E-state index in [1.165, 1.54) is 4.90 Å². The maximum atomic E-state index is 14.5. The van der Waals surface area contributed by atoms with Crippen LogP contribution in [0.25, 0.3) is 10.8 Å². The smallest absolute Gasteiger partial charge is 0.362 e. The summed E-state index contributed by atoms with van der Waals surface area (Å²) in [5.74, 6) is -2.63. The van der Waals surface area contributed by atoms with Crippen molar-refractivity contribution in [2.45, 2.75) is 116 Å². The molecule has 16 heteroatoms. The quantitative estimate of drug-likeness (QED) is 0.312. The van der Waals surface area contributed by atoms with Crippen LogP contribution in [0, 0.1) is 17.3 Å². The Kier molecular flexibility index (Phi) is 12.6. The molecule has 1 aromatic carbocycles. The van der Waals surface area contributed by atoms with Gasteiger partial charge >= 0.3 is 16.3 Å². The Hall–Kier alpha value is -3.92. The first-order chi connectivity index (χ1) is 25.0. The van der Waals surface area contributed by atoms with Gasteiger partial charge < -0.3 is 19.1 Å². The van der Waals surface area contributed by atoms with E-state index in [2.05, 4.69) is 9.17 Å². The summed E-state index contributed by atoms with van der Waals surface area (Å²) in [5.41, 5.74) is -2.20. The zero-order chi connectivity index (χ0) is 38.6. The van der Waals surface area contributed by atoms with Gasteiger partial charge in [-0.05, 0) is 75.6 Å². The minimum Gasteiger partial charge on any atom is -0.497 e. The van der Waals surface area contributed by atoms with E-state index >= 15 is 0 Å². The van der Waals surface area contributed by atoms with E-state index in [0.29, 0.717) is 30.4 Å². The Morgan fingerprint density at radius 1 is 1.08 bits per heavy atom. The SMILES string of the molecule is COc1ccc2c(O[C@@H]3C[C@H]4C(=O)C[C@]5(C(=O)NS(=O)(=O)OCC(F)F)C[C@H]5CCCCCCC[C@H](CC(=O)OC(C)(C)C)C(=O)N4C3)nccc2c1. The Morgan fingerprint density at radius 3 is 2.49 bits per heavy atom. The molecule has 2 saturated heterocycles. The van der Waals surface area contributed by atoms with Gasteiger partial charge in [-0.3, -0.25) is 19.2 Å². The van der Waals surface area contributed by atoms with Crippen molar-refractivity contribution >= 4 is 44.6 Å². The van der Waals surface area contributed by atoms with Gasteiger partial charge in [0, 0.05) is 30.3 Å². The fourth-order valence-corrected chi connectivity index (χ4v) is 8.30. The molecule has 2 aromatic rings. The first-order valence-corrected chi connectivity index (χ1v) is 19.6. The molecule has 53 heavy (non-hydrogen) atoms. The predicted octanol–water partition coefficient (Wildman–Crippen LogP) is 5.29. The minimum atomic E-state index is -4.88. The van der Waals surface area contributed by atoms with Gasteiger partial charge in [-0.15, -0.1) is 0 Å². The molecule has 1 aromatic heterocycles. The number of ether oxygens (including phenoxy) is 3. The number of methoxy groups -OCH3 is 1. The summed E-state index contributed by atoms with van der Waals surface area (Å²) in [6.07, 6.45) is 2.26. The standard InChI is InChI=1S/C37H49F2N3O10S/c1-36(2,3)52-32(44)17-24-10-8-6-5-7-9-11-25-19-37(25,35(46)41-53(47,48)50-22-31(38)39)20-30(43)29-18-27(21-42(29)34(24)45)51-33-28-13-12-26(49-4)16-23(28)14-15-40-33/h12-16,24-25,27,29,31H,5-11,17-22H2,1-4H3,(H,41,46)/t24-,25-,27-,29+,37-/m1/s1. The molecule has 0 unspecified atom stereocenters. The molecule has 292 valence electrons. The molecule has 1 saturated carbocycles. The molecule has 3 aliphatic rings. The third-order valence-corrected chi connectivity index (χ3v) is 11.0. The number of amides is 2. The van der Waals surface area contributed by atoms with Crippen LogP contribution in [0.4, 0.5) is 8.78 Å². The van der Waals surface area contributed by atoms with Crippen molar-refractivity contribution in [2.24, 2.45) is 17.3 Å². The van der Waals surface area contributed by atoms with Crippen LogP contribution < -0.4 is 14.2 Å². The summed E-state index contributed by atoms with van der Waals surface area (Å²) < 4.78 is 73.6. The number of carbonyl (C=O) groups is 4. The van der Waals surface area contributed by atoms with Gasteiger partial charge in [-0.1, -0.05) is 32.1 Å². The van der Waals surface area contributed by atoms with Crippen molar-refractivity contribution in [2.75, 3.05) is 20.3 Å². The normalized spacial score (nSPS) is 25.9. The number of carbonyl (C=O) groups excluding carboxylic acids is 4. The molecular weight excluding hydrogens is 716 g/mol. The highest BCUT2D eigenvalue weighted by Crippen LogP contribution is 2.58. The van der Waals surface area contributed by atoms with Gasteiger partial charge in [-0.2, -0.15) is 8.42 Å². The van der Waals surface area contributed by atoms with Gasteiger partial charge in [0.2, 0.25) is 17.7 Å². The molecule has 5 rings (SSSR count). The van der Waals surface area contributed by atoms with Crippen LogP contribution in [0.1, 0.15) is 91.4 Å². The molecule has 13 nitrogen and oxygen atoms in total. The van der Waals surface area contributed by atoms with Crippen molar-refractivity contribution < 1.29 is 54.8 Å². The fraction of sp³-hybridized carbons (Fsp3) is 0.649. The summed E-state index contributed by atoms with van der Waals surface area (Å²) in [6, 6.07) is 6.12. The third kappa shape index (κ3) is 10.4. The topological polar surface area (TPSA) is 168 Å². The van der Waals surface area contributed by atoms with Gasteiger partial charge in [-0.25, -0.2) is 22.7 Å². The molecule has 1 aliphatic carbocycles. The maximum absolute atomic E-state index is 14.5. The lowest BCUT2D eigenvalue weighted by atomic mass is 9.90. The molecule has 2 aliphatic heterocycles. The Balaban J connectivity index is 1.45. The largest absolute Gasteiger partial charge is 0.497 e. The monoisotopic (exact) mass is 765 g/mol. The number of Topliss-reactive ketones (excluding diaryl/α,β-unsaturated/α-hetero) is 1. The van der Waals surface area contributed by atoms with Crippen LogP contribution in [0.2, 0.25) is 0 Å². The second kappa shape index (κ2) is 16.6. The number of alkyl halides is 2. The first-order valence-electron chi connectivity index (χ1n) is 18.1. The van der Waals surface area contributed by atoms with Crippen molar-refractivity contribution in [3.63, 3.8) is 0 Å². The van der Waals surface area contributed by atoms with Crippen LogP contribution in [-0.4, -0.2) is 86.3 Å². The first kappa shape index (κ1) is 40.3. The summed E-state index contributed by atoms with van der Waals surface area (Å²) in [5, 5.41) is 1.48. The number of nitrogens with zero attached hydrogens (tertiary/aromatic N) is 2. The zero-order valence-corrected chi connectivity index (χ0v) is 31.4. The van der Waals surface area contributed by atoms with Crippen LogP contribution in [0.15, 0.2) is 30.5 Å². The van der Waals surface area contributed by atoms with Crippen molar-refractivity contribution in [1.82, 2.24) is 14.6 Å². The fourth-order valence-electron chi connectivity index (χ4n) is 7.53. The van der Waals surface area contributed by atoms with E-state index in [1.54, 1.807) is 57.0 Å². The van der Waals surface area contributed by atoms with Gasteiger partial charge in [0.05, 0.1) is 31.5 Å². The minimum absolute atomic E-state index is 0.00719. The summed E-state index contributed by atoms with van der Waals surface area (Å²) >= 11 is 0. The average Bonchev–Trinajstić information content (AvgIpc) is 3.61. The number of hydrogen-bond acceptors (Lipinski definition) is 11.